The summed E-state index contributed by atoms with van der Waals surface area (Å²) in [5.74, 6) is -5.87. The van der Waals surface area contributed by atoms with Crippen LogP contribution in [0.2, 0.25) is 0 Å². The fourth-order valence-electron chi connectivity index (χ4n) is 6.47. The van der Waals surface area contributed by atoms with E-state index >= 15 is 0 Å². The van der Waals surface area contributed by atoms with Gasteiger partial charge in [0.05, 0.1) is 17.3 Å². The third-order valence-electron chi connectivity index (χ3n) is 8.72. The van der Waals surface area contributed by atoms with Crippen molar-refractivity contribution in [1.82, 2.24) is 0 Å². The minimum absolute atomic E-state index is 0.0557. The van der Waals surface area contributed by atoms with Gasteiger partial charge >= 0.3 is 29.8 Å². The van der Waals surface area contributed by atoms with Crippen molar-refractivity contribution in [3.63, 3.8) is 0 Å². The number of ether oxygens (including phenoxy) is 5. The zero-order valence-electron chi connectivity index (χ0n) is 25.1. The summed E-state index contributed by atoms with van der Waals surface area (Å²) in [4.78, 5) is 63.2. The van der Waals surface area contributed by atoms with Gasteiger partial charge < -0.3 is 28.8 Å². The Morgan fingerprint density at radius 2 is 1.61 bits per heavy atom. The van der Waals surface area contributed by atoms with Crippen molar-refractivity contribution in [2.45, 2.75) is 111 Å². The van der Waals surface area contributed by atoms with Crippen LogP contribution in [0, 0.1) is 23.2 Å². The molecule has 0 aromatic carbocycles. The molecular formula is C30H42O11. The predicted molar refractivity (Wildman–Crippen MR) is 144 cm³/mol. The molecule has 0 spiro atoms. The largest absolute Gasteiger partial charge is 0.462 e. The number of hydrogen-bond acceptors (Lipinski definition) is 11. The lowest BCUT2D eigenvalue weighted by Gasteiger charge is -2.55. The molecule has 11 heteroatoms. The van der Waals surface area contributed by atoms with Crippen LogP contribution in [-0.2, 0) is 47.7 Å². The molecule has 0 amide bonds. The molecule has 3 rings (SSSR count). The van der Waals surface area contributed by atoms with Gasteiger partial charge in [0, 0.05) is 33.1 Å². The van der Waals surface area contributed by atoms with Gasteiger partial charge in [-0.3, -0.25) is 24.0 Å². The molecule has 9 atom stereocenters. The molecule has 41 heavy (non-hydrogen) atoms. The third kappa shape index (κ3) is 6.05. The van der Waals surface area contributed by atoms with E-state index in [4.69, 9.17) is 23.7 Å². The van der Waals surface area contributed by atoms with Crippen LogP contribution in [0.25, 0.3) is 0 Å². The normalized spacial score (nSPS) is 38.4. The molecule has 228 valence electrons. The number of carbonyl (C=O) groups excluding carboxylic acids is 5. The molecule has 0 unspecified atom stereocenters. The Morgan fingerprint density at radius 3 is 2.15 bits per heavy atom. The second-order valence-corrected chi connectivity index (χ2v) is 12.0. The molecule has 0 aromatic heterocycles. The molecule has 1 N–H and O–H groups in total. The molecule has 3 aliphatic rings. The van der Waals surface area contributed by atoms with Gasteiger partial charge in [0.15, 0.2) is 11.7 Å². The van der Waals surface area contributed by atoms with Gasteiger partial charge in [-0.05, 0) is 38.3 Å². The molecule has 2 fully saturated rings. The summed E-state index contributed by atoms with van der Waals surface area (Å²) in [6.07, 6.45) is -3.60. The van der Waals surface area contributed by atoms with E-state index in [9.17, 15) is 29.1 Å². The van der Waals surface area contributed by atoms with Gasteiger partial charge in [-0.25, -0.2) is 0 Å². The van der Waals surface area contributed by atoms with Crippen molar-refractivity contribution in [3.05, 3.63) is 23.8 Å². The van der Waals surface area contributed by atoms with Crippen LogP contribution >= 0.6 is 0 Å². The van der Waals surface area contributed by atoms with Crippen molar-refractivity contribution in [3.8, 4) is 0 Å². The van der Waals surface area contributed by atoms with Gasteiger partial charge in [0.25, 0.3) is 0 Å². The van der Waals surface area contributed by atoms with Crippen molar-refractivity contribution < 1.29 is 52.8 Å². The van der Waals surface area contributed by atoms with Crippen LogP contribution in [0.1, 0.15) is 74.7 Å². The number of rotatable bonds is 5. The summed E-state index contributed by atoms with van der Waals surface area (Å²) in [5, 5.41) is 12.4. The first-order chi connectivity index (χ1) is 18.9. The van der Waals surface area contributed by atoms with E-state index in [1.165, 1.54) is 33.8 Å². The first-order valence-electron chi connectivity index (χ1n) is 13.9. The van der Waals surface area contributed by atoms with Gasteiger partial charge in [-0.1, -0.05) is 32.9 Å². The summed E-state index contributed by atoms with van der Waals surface area (Å²) < 4.78 is 29.1. The summed E-state index contributed by atoms with van der Waals surface area (Å²) in [6, 6.07) is 0. The van der Waals surface area contributed by atoms with Crippen molar-refractivity contribution in [2.75, 3.05) is 0 Å². The van der Waals surface area contributed by atoms with E-state index in [2.05, 4.69) is 6.58 Å². The molecule has 1 heterocycles. The van der Waals surface area contributed by atoms with Crippen molar-refractivity contribution in [2.24, 2.45) is 23.2 Å². The van der Waals surface area contributed by atoms with E-state index in [-0.39, 0.29) is 6.42 Å². The van der Waals surface area contributed by atoms with Crippen LogP contribution in [0.15, 0.2) is 23.8 Å². The molecule has 0 radical (unpaired) electrons. The molecule has 0 bridgehead atoms. The zero-order chi connectivity index (χ0) is 31.0. The lowest BCUT2D eigenvalue weighted by Crippen LogP contribution is -2.66. The number of carbonyl (C=O) groups is 5. The summed E-state index contributed by atoms with van der Waals surface area (Å²) in [7, 11) is 0. The highest BCUT2D eigenvalue weighted by atomic mass is 16.6. The number of fused-ring (bicyclic) bond motifs is 2. The maximum atomic E-state index is 13.1. The Bertz CT molecular complexity index is 1140. The highest BCUT2D eigenvalue weighted by molar-refractivity contribution is 5.78. The SMILES string of the molecule is C=C1CC[C@H](OC(C)=O)[C@]2(C)[C@@H](OC(=O)C(C)C)C[C@@H](OC(C)=O)/C(C)=C\[C@@H]3OC(=O)[C@H](C)[C@@]3(O)[C@@H](OC(C)=O)[C@@H]12. The second-order valence-electron chi connectivity index (χ2n) is 12.0. The quantitative estimate of drug-likeness (QED) is 0.291. The summed E-state index contributed by atoms with van der Waals surface area (Å²) in [6.45, 7) is 16.1. The topological polar surface area (TPSA) is 152 Å². The first-order valence-corrected chi connectivity index (χ1v) is 13.9. The minimum Gasteiger partial charge on any atom is -0.462 e. The maximum absolute atomic E-state index is 13.1. The first kappa shape index (κ1) is 32.3. The molecule has 1 saturated carbocycles. The Balaban J connectivity index is 2.42. The maximum Gasteiger partial charge on any atom is 0.312 e. The van der Waals surface area contributed by atoms with Gasteiger partial charge in [0.2, 0.25) is 0 Å². The standard InChI is InChI=1S/C30H42O11/c1-14(2)27(34)40-23-13-21(37-18(6)31)16(4)12-24-30(36,17(5)28(35)41-24)26(39-20(8)33)25-15(3)10-11-22(29(23,25)9)38-19(7)32/h12,14,17,21-26,36H,3,10-11,13H2,1-2,4-9H3/b16-12-/t17-,21+,22-,23-,24-,25+,26-,29+,30-/m0/s1. The summed E-state index contributed by atoms with van der Waals surface area (Å²) in [5.41, 5.74) is -2.52. The van der Waals surface area contributed by atoms with E-state index < -0.39 is 89.1 Å². The average molecular weight is 579 g/mol. The second kappa shape index (κ2) is 12.0. The number of esters is 5. The minimum atomic E-state index is -2.11. The van der Waals surface area contributed by atoms with Crippen LogP contribution in [0.4, 0.5) is 0 Å². The Labute approximate surface area is 240 Å². The Morgan fingerprint density at radius 1 is 1.02 bits per heavy atom. The van der Waals surface area contributed by atoms with Crippen LogP contribution in [0.3, 0.4) is 0 Å². The molecule has 1 saturated heterocycles. The van der Waals surface area contributed by atoms with Crippen molar-refractivity contribution in [1.29, 1.82) is 0 Å². The number of hydrogen-bond donors (Lipinski definition) is 1. The van der Waals surface area contributed by atoms with Gasteiger partial charge in [-0.2, -0.15) is 0 Å². The van der Waals surface area contributed by atoms with Crippen molar-refractivity contribution >= 4 is 29.8 Å². The predicted octanol–water partition coefficient (Wildman–Crippen LogP) is 2.96. The zero-order valence-corrected chi connectivity index (χ0v) is 25.1. The fourth-order valence-corrected chi connectivity index (χ4v) is 6.47. The van der Waals surface area contributed by atoms with Crippen LogP contribution in [0.5, 0.6) is 0 Å². The molecule has 0 aromatic rings. The Hall–Kier alpha value is -3.21. The van der Waals surface area contributed by atoms with E-state index in [1.54, 1.807) is 27.7 Å². The lowest BCUT2D eigenvalue weighted by atomic mass is 9.54. The van der Waals surface area contributed by atoms with E-state index in [1.807, 2.05) is 0 Å². The highest BCUT2D eigenvalue weighted by Crippen LogP contribution is 2.56. The summed E-state index contributed by atoms with van der Waals surface area (Å²) >= 11 is 0. The Kier molecular flexibility index (Phi) is 9.42. The molecule has 1 aliphatic heterocycles. The molecular weight excluding hydrogens is 536 g/mol. The van der Waals surface area contributed by atoms with Crippen LogP contribution < -0.4 is 0 Å². The monoisotopic (exact) mass is 578 g/mol. The smallest absolute Gasteiger partial charge is 0.312 e. The number of aliphatic hydroxyl groups is 1. The third-order valence-corrected chi connectivity index (χ3v) is 8.72. The van der Waals surface area contributed by atoms with E-state index in [0.717, 1.165) is 0 Å². The fraction of sp³-hybridized carbons (Fsp3) is 0.700. The lowest BCUT2D eigenvalue weighted by molar-refractivity contribution is -0.223. The average Bonchev–Trinajstić information content (AvgIpc) is 3.06. The van der Waals surface area contributed by atoms with Gasteiger partial charge in [-0.15, -0.1) is 0 Å². The molecule has 2 aliphatic carbocycles. The molecule has 11 nitrogen and oxygen atoms in total. The van der Waals surface area contributed by atoms with Crippen LogP contribution in [-0.4, -0.2) is 71.1 Å². The highest BCUT2D eigenvalue weighted by Gasteiger charge is 2.68. The van der Waals surface area contributed by atoms with E-state index in [0.29, 0.717) is 24.0 Å². The van der Waals surface area contributed by atoms with Gasteiger partial charge in [0.1, 0.15) is 24.4 Å².